The Morgan fingerprint density at radius 2 is 2.08 bits per heavy atom. The van der Waals surface area contributed by atoms with Gasteiger partial charge in [0, 0.05) is 25.2 Å². The van der Waals surface area contributed by atoms with Gasteiger partial charge in [0.05, 0.1) is 5.92 Å². The van der Waals surface area contributed by atoms with Crippen molar-refractivity contribution in [3.05, 3.63) is 42.0 Å². The zero-order valence-electron chi connectivity index (χ0n) is 14.6. The van der Waals surface area contributed by atoms with E-state index in [1.165, 1.54) is 0 Å². The van der Waals surface area contributed by atoms with E-state index in [-0.39, 0.29) is 17.7 Å². The smallest absolute Gasteiger partial charge is 0.224 e. The number of nitrogens with zero attached hydrogens (tertiary/aromatic N) is 1. The molecule has 1 aromatic carbocycles. The van der Waals surface area contributed by atoms with Crippen LogP contribution in [0.3, 0.4) is 0 Å². The molecular formula is C20H27N3O2. The second-order valence-corrected chi connectivity index (χ2v) is 7.15. The van der Waals surface area contributed by atoms with E-state index in [2.05, 4.69) is 22.4 Å². The molecule has 2 amide bonds. The Morgan fingerprint density at radius 1 is 1.24 bits per heavy atom. The Hall–Kier alpha value is -2.14. The molecule has 134 valence electrons. The van der Waals surface area contributed by atoms with E-state index in [4.69, 9.17) is 5.73 Å². The number of para-hydroxylation sites is 1. The molecule has 1 aliphatic heterocycles. The van der Waals surface area contributed by atoms with E-state index in [0.29, 0.717) is 18.9 Å². The van der Waals surface area contributed by atoms with E-state index in [0.717, 1.165) is 50.0 Å². The molecule has 0 aromatic heterocycles. The van der Waals surface area contributed by atoms with Crippen LogP contribution in [0.15, 0.2) is 36.4 Å². The molecule has 2 unspecified atom stereocenters. The fourth-order valence-corrected chi connectivity index (χ4v) is 3.76. The van der Waals surface area contributed by atoms with Gasteiger partial charge in [0.15, 0.2) is 0 Å². The molecule has 2 atom stereocenters. The van der Waals surface area contributed by atoms with E-state index < -0.39 is 0 Å². The monoisotopic (exact) mass is 341 g/mol. The molecule has 3 rings (SSSR count). The molecule has 25 heavy (non-hydrogen) atoms. The summed E-state index contributed by atoms with van der Waals surface area (Å²) in [5, 5.41) is 3.07. The molecule has 1 fully saturated rings. The second-order valence-electron chi connectivity index (χ2n) is 7.15. The van der Waals surface area contributed by atoms with Crippen molar-refractivity contribution >= 4 is 17.5 Å². The molecule has 0 spiro atoms. The van der Waals surface area contributed by atoms with E-state index in [9.17, 15) is 9.59 Å². The van der Waals surface area contributed by atoms with Crippen molar-refractivity contribution in [2.24, 2.45) is 17.6 Å². The molecule has 0 bridgehead atoms. The fraction of sp³-hybridized carbons (Fsp3) is 0.500. The molecule has 1 saturated heterocycles. The summed E-state index contributed by atoms with van der Waals surface area (Å²) in [6, 6.07) is 7.92. The Morgan fingerprint density at radius 3 is 2.84 bits per heavy atom. The van der Waals surface area contributed by atoms with Gasteiger partial charge < -0.3 is 11.1 Å². The number of nitrogens with two attached hydrogens (primary N) is 1. The highest BCUT2D eigenvalue weighted by Gasteiger charge is 2.24. The number of amides is 2. The summed E-state index contributed by atoms with van der Waals surface area (Å²) in [7, 11) is 0. The van der Waals surface area contributed by atoms with Gasteiger partial charge in [-0.1, -0.05) is 30.4 Å². The lowest BCUT2D eigenvalue weighted by molar-refractivity contribution is -0.123. The van der Waals surface area contributed by atoms with Crippen molar-refractivity contribution in [1.82, 2.24) is 4.90 Å². The van der Waals surface area contributed by atoms with Crippen LogP contribution < -0.4 is 11.1 Å². The maximum absolute atomic E-state index is 12.3. The minimum Gasteiger partial charge on any atom is -0.369 e. The molecular weight excluding hydrogens is 314 g/mol. The van der Waals surface area contributed by atoms with Crippen LogP contribution in [0.1, 0.15) is 37.7 Å². The lowest BCUT2D eigenvalue weighted by Crippen LogP contribution is -2.40. The summed E-state index contributed by atoms with van der Waals surface area (Å²) in [5.41, 5.74) is 7.43. The first-order valence-corrected chi connectivity index (χ1v) is 9.18. The Balaban J connectivity index is 1.61. The van der Waals surface area contributed by atoms with Crippen LogP contribution in [0.25, 0.3) is 0 Å². The van der Waals surface area contributed by atoms with Gasteiger partial charge in [0.25, 0.3) is 0 Å². The number of rotatable bonds is 6. The number of benzene rings is 1. The van der Waals surface area contributed by atoms with Crippen molar-refractivity contribution in [1.29, 1.82) is 0 Å². The normalized spacial score (nSPS) is 23.5. The van der Waals surface area contributed by atoms with Crippen LogP contribution in [-0.4, -0.2) is 29.8 Å². The first-order valence-electron chi connectivity index (χ1n) is 9.18. The summed E-state index contributed by atoms with van der Waals surface area (Å²) < 4.78 is 0. The minimum absolute atomic E-state index is 0.0651. The molecule has 1 heterocycles. The molecule has 3 N–H and O–H groups in total. The standard InChI is InChI=1S/C20H27N3O2/c21-20(25)17-9-5-11-23(14-17)13-16-8-3-4-10-18(16)22-19(24)12-15-6-1-2-7-15/h1,3-4,6,8,10,15,17H,2,5,7,9,11-14H2,(H2,21,25)(H,22,24). The average Bonchev–Trinajstić information content (AvgIpc) is 3.10. The number of hydrogen-bond donors (Lipinski definition) is 2. The van der Waals surface area contributed by atoms with Gasteiger partial charge in [-0.2, -0.15) is 0 Å². The quantitative estimate of drug-likeness (QED) is 0.781. The zero-order valence-corrected chi connectivity index (χ0v) is 14.6. The van der Waals surface area contributed by atoms with Gasteiger partial charge in [-0.15, -0.1) is 0 Å². The van der Waals surface area contributed by atoms with Crippen LogP contribution in [0.5, 0.6) is 0 Å². The van der Waals surface area contributed by atoms with Crippen molar-refractivity contribution in [2.45, 2.75) is 38.6 Å². The van der Waals surface area contributed by atoms with Gasteiger partial charge in [0.2, 0.25) is 11.8 Å². The largest absolute Gasteiger partial charge is 0.369 e. The first-order chi connectivity index (χ1) is 12.1. The first kappa shape index (κ1) is 17.7. The number of likely N-dealkylation sites (tertiary alicyclic amines) is 1. The van der Waals surface area contributed by atoms with Crippen LogP contribution in [0.4, 0.5) is 5.69 Å². The molecule has 1 aromatic rings. The zero-order chi connectivity index (χ0) is 17.6. The predicted octanol–water partition coefficient (Wildman–Crippen LogP) is 2.68. The lowest BCUT2D eigenvalue weighted by atomic mass is 9.97. The molecule has 2 aliphatic rings. The topological polar surface area (TPSA) is 75.4 Å². The van der Waals surface area contributed by atoms with Crippen molar-refractivity contribution in [2.75, 3.05) is 18.4 Å². The Kier molecular flexibility index (Phi) is 5.87. The number of carbonyl (C=O) groups is 2. The summed E-state index contributed by atoms with van der Waals surface area (Å²) in [5.74, 6) is 0.156. The maximum atomic E-state index is 12.3. The third-order valence-electron chi connectivity index (χ3n) is 5.15. The average molecular weight is 341 g/mol. The van der Waals surface area contributed by atoms with Gasteiger partial charge in [-0.25, -0.2) is 0 Å². The van der Waals surface area contributed by atoms with E-state index in [1.54, 1.807) is 0 Å². The summed E-state index contributed by atoms with van der Waals surface area (Å²) in [6.07, 6.45) is 8.83. The third-order valence-corrected chi connectivity index (χ3v) is 5.15. The molecule has 5 nitrogen and oxygen atoms in total. The fourth-order valence-electron chi connectivity index (χ4n) is 3.76. The summed E-state index contributed by atoms with van der Waals surface area (Å²) >= 11 is 0. The van der Waals surface area contributed by atoms with Gasteiger partial charge in [-0.05, 0) is 49.8 Å². The number of anilines is 1. The van der Waals surface area contributed by atoms with Crippen molar-refractivity contribution in [3.8, 4) is 0 Å². The van der Waals surface area contributed by atoms with Gasteiger partial charge in [0.1, 0.15) is 0 Å². The summed E-state index contributed by atoms with van der Waals surface area (Å²) in [4.78, 5) is 26.1. The van der Waals surface area contributed by atoms with Crippen LogP contribution >= 0.6 is 0 Å². The predicted molar refractivity (Wildman–Crippen MR) is 98.7 cm³/mol. The molecule has 1 aliphatic carbocycles. The highest BCUT2D eigenvalue weighted by atomic mass is 16.2. The molecule has 0 radical (unpaired) electrons. The van der Waals surface area contributed by atoms with E-state index in [1.807, 2.05) is 24.3 Å². The number of hydrogen-bond acceptors (Lipinski definition) is 3. The maximum Gasteiger partial charge on any atom is 0.224 e. The number of nitrogens with one attached hydrogen (secondary N) is 1. The van der Waals surface area contributed by atoms with Crippen LogP contribution in [0.2, 0.25) is 0 Å². The number of carbonyl (C=O) groups excluding carboxylic acids is 2. The minimum atomic E-state index is -0.212. The van der Waals surface area contributed by atoms with Gasteiger partial charge in [-0.3, -0.25) is 14.5 Å². The lowest BCUT2D eigenvalue weighted by Gasteiger charge is -2.31. The van der Waals surface area contributed by atoms with E-state index >= 15 is 0 Å². The third kappa shape index (κ3) is 4.92. The highest BCUT2D eigenvalue weighted by molar-refractivity contribution is 5.91. The Bertz CT molecular complexity index is 656. The van der Waals surface area contributed by atoms with Crippen LogP contribution in [-0.2, 0) is 16.1 Å². The molecule has 0 saturated carbocycles. The van der Waals surface area contributed by atoms with Gasteiger partial charge >= 0.3 is 0 Å². The van der Waals surface area contributed by atoms with Crippen LogP contribution in [0, 0.1) is 11.8 Å². The van der Waals surface area contributed by atoms with Crippen molar-refractivity contribution in [3.63, 3.8) is 0 Å². The number of allylic oxidation sites excluding steroid dienone is 2. The van der Waals surface area contributed by atoms with Crippen molar-refractivity contribution < 1.29 is 9.59 Å². The number of piperidine rings is 1. The Labute approximate surface area is 149 Å². The molecule has 5 heteroatoms. The SMILES string of the molecule is NC(=O)C1CCCN(Cc2ccccc2NC(=O)CC2C=CCC2)C1. The highest BCUT2D eigenvalue weighted by Crippen LogP contribution is 2.24. The second kappa shape index (κ2) is 8.30. The summed E-state index contributed by atoms with van der Waals surface area (Å²) in [6.45, 7) is 2.38. The number of primary amides is 1.